The van der Waals surface area contributed by atoms with Crippen LogP contribution in [0.15, 0.2) is 36.8 Å². The Kier molecular flexibility index (Phi) is 6.54. The fourth-order valence-electron chi connectivity index (χ4n) is 3.25. The topological polar surface area (TPSA) is 92.2 Å². The van der Waals surface area contributed by atoms with Gasteiger partial charge in [-0.2, -0.15) is 5.10 Å². The van der Waals surface area contributed by atoms with Gasteiger partial charge in [-0.05, 0) is 45.0 Å². The van der Waals surface area contributed by atoms with E-state index in [0.717, 1.165) is 19.6 Å². The van der Waals surface area contributed by atoms with Crippen LogP contribution in [0.5, 0.6) is 0 Å². The van der Waals surface area contributed by atoms with Gasteiger partial charge in [0.15, 0.2) is 0 Å². The molecule has 2 aromatic rings. The fourth-order valence-corrected chi connectivity index (χ4v) is 3.25. The Hall–Kier alpha value is -2.74. The molecular formula is C19H26N6O2. The summed E-state index contributed by atoms with van der Waals surface area (Å²) in [6, 6.07) is 5.23. The first-order valence-electron chi connectivity index (χ1n) is 9.37. The largest absolute Gasteiger partial charge is 0.351 e. The highest BCUT2D eigenvalue weighted by atomic mass is 16.2. The van der Waals surface area contributed by atoms with Gasteiger partial charge < -0.3 is 15.5 Å². The number of likely N-dealkylation sites (tertiary alicyclic amines) is 1. The Morgan fingerprint density at radius 2 is 2.04 bits per heavy atom. The zero-order chi connectivity index (χ0) is 19.1. The van der Waals surface area contributed by atoms with E-state index in [0.29, 0.717) is 11.4 Å². The zero-order valence-corrected chi connectivity index (χ0v) is 15.6. The average Bonchev–Trinajstić information content (AvgIpc) is 3.09. The van der Waals surface area contributed by atoms with E-state index in [9.17, 15) is 9.59 Å². The predicted molar refractivity (Wildman–Crippen MR) is 102 cm³/mol. The number of aromatic nitrogens is 3. The molecule has 0 aliphatic carbocycles. The van der Waals surface area contributed by atoms with E-state index in [1.54, 1.807) is 30.6 Å². The third kappa shape index (κ3) is 5.89. The molecule has 0 radical (unpaired) electrons. The summed E-state index contributed by atoms with van der Waals surface area (Å²) < 4.78 is 1.51. The summed E-state index contributed by atoms with van der Waals surface area (Å²) in [4.78, 5) is 30.7. The van der Waals surface area contributed by atoms with Crippen LogP contribution in [-0.4, -0.2) is 57.2 Å². The van der Waals surface area contributed by atoms with E-state index in [2.05, 4.69) is 25.6 Å². The van der Waals surface area contributed by atoms with Crippen LogP contribution in [0.1, 0.15) is 36.7 Å². The molecule has 1 aliphatic heterocycles. The molecule has 1 aliphatic rings. The van der Waals surface area contributed by atoms with Gasteiger partial charge in [-0.3, -0.25) is 19.3 Å². The number of nitrogens with one attached hydrogen (secondary N) is 2. The van der Waals surface area contributed by atoms with E-state index in [1.165, 1.54) is 30.1 Å². The highest BCUT2D eigenvalue weighted by Gasteiger charge is 2.15. The maximum Gasteiger partial charge on any atom is 0.274 e. The number of carbonyl (C=O) groups excluding carboxylic acids is 2. The van der Waals surface area contributed by atoms with Crippen LogP contribution in [0.2, 0.25) is 0 Å². The summed E-state index contributed by atoms with van der Waals surface area (Å²) in [5.74, 6) is -0.403. The highest BCUT2D eigenvalue weighted by molar-refractivity contribution is 6.02. The molecule has 1 unspecified atom stereocenters. The van der Waals surface area contributed by atoms with Crippen LogP contribution >= 0.6 is 0 Å². The minimum Gasteiger partial charge on any atom is -0.351 e. The second-order valence-electron chi connectivity index (χ2n) is 6.93. The van der Waals surface area contributed by atoms with Crippen LogP contribution < -0.4 is 10.6 Å². The van der Waals surface area contributed by atoms with Crippen molar-refractivity contribution >= 4 is 17.5 Å². The Balaban J connectivity index is 1.45. The smallest absolute Gasteiger partial charge is 0.274 e. The minimum absolute atomic E-state index is 0.0921. The van der Waals surface area contributed by atoms with Gasteiger partial charge in [0, 0.05) is 25.0 Å². The number of rotatable bonds is 7. The third-order valence-electron chi connectivity index (χ3n) is 4.48. The van der Waals surface area contributed by atoms with Gasteiger partial charge >= 0.3 is 0 Å². The van der Waals surface area contributed by atoms with Crippen molar-refractivity contribution in [1.82, 2.24) is 25.0 Å². The van der Waals surface area contributed by atoms with Gasteiger partial charge in [-0.25, -0.2) is 0 Å². The van der Waals surface area contributed by atoms with Crippen molar-refractivity contribution < 1.29 is 9.59 Å². The van der Waals surface area contributed by atoms with Crippen molar-refractivity contribution in [3.63, 3.8) is 0 Å². The van der Waals surface area contributed by atoms with Gasteiger partial charge in [-0.1, -0.05) is 12.5 Å². The van der Waals surface area contributed by atoms with Gasteiger partial charge in [0.2, 0.25) is 5.91 Å². The fraction of sp³-hybridized carbons (Fsp3) is 0.474. The second kappa shape index (κ2) is 9.27. The standard InChI is InChI=1S/C19H26N6O2/c1-15(12-24-9-5-2-6-10-24)22-18(26)14-25-13-16(11-21-25)23-19(27)17-7-3-4-8-20-17/h3-4,7-8,11,13,15H,2,5-6,9-10,12,14H2,1H3,(H,22,26)(H,23,27). The zero-order valence-electron chi connectivity index (χ0n) is 15.6. The average molecular weight is 370 g/mol. The number of piperidine rings is 1. The monoisotopic (exact) mass is 370 g/mol. The van der Waals surface area contributed by atoms with Crippen LogP contribution in [0.4, 0.5) is 5.69 Å². The molecule has 3 heterocycles. The molecule has 0 bridgehead atoms. The molecule has 1 fully saturated rings. The lowest BCUT2D eigenvalue weighted by Gasteiger charge is -2.29. The lowest BCUT2D eigenvalue weighted by molar-refractivity contribution is -0.122. The number of hydrogen-bond acceptors (Lipinski definition) is 5. The van der Waals surface area contributed by atoms with Crippen molar-refractivity contribution in [3.8, 4) is 0 Å². The Labute approximate surface area is 159 Å². The number of carbonyl (C=O) groups is 2. The molecule has 3 rings (SSSR count). The van der Waals surface area contributed by atoms with Gasteiger partial charge in [0.1, 0.15) is 12.2 Å². The summed E-state index contributed by atoms with van der Waals surface area (Å²) in [7, 11) is 0. The van der Waals surface area contributed by atoms with Crippen molar-refractivity contribution in [2.24, 2.45) is 0 Å². The molecule has 2 aromatic heterocycles. The van der Waals surface area contributed by atoms with Crippen LogP contribution in [0.25, 0.3) is 0 Å². The highest BCUT2D eigenvalue weighted by Crippen LogP contribution is 2.09. The first kappa shape index (κ1) is 19.0. The number of anilines is 1. The van der Waals surface area contributed by atoms with Gasteiger partial charge in [0.05, 0.1) is 11.9 Å². The lowest BCUT2D eigenvalue weighted by atomic mass is 10.1. The number of pyridine rings is 1. The third-order valence-corrected chi connectivity index (χ3v) is 4.48. The Morgan fingerprint density at radius 1 is 1.22 bits per heavy atom. The minimum atomic E-state index is -0.310. The van der Waals surface area contributed by atoms with Crippen molar-refractivity contribution in [2.45, 2.75) is 38.8 Å². The molecule has 0 aromatic carbocycles. The summed E-state index contributed by atoms with van der Waals surface area (Å²) in [6.45, 7) is 5.23. The molecule has 144 valence electrons. The van der Waals surface area contributed by atoms with Crippen molar-refractivity contribution in [1.29, 1.82) is 0 Å². The van der Waals surface area contributed by atoms with Crippen molar-refractivity contribution in [3.05, 3.63) is 42.5 Å². The molecular weight excluding hydrogens is 344 g/mol. The molecule has 8 nitrogen and oxygen atoms in total. The quantitative estimate of drug-likeness (QED) is 0.771. The van der Waals surface area contributed by atoms with Crippen LogP contribution in [-0.2, 0) is 11.3 Å². The van der Waals surface area contributed by atoms with E-state index in [4.69, 9.17) is 0 Å². The molecule has 8 heteroatoms. The number of amides is 2. The van der Waals surface area contributed by atoms with E-state index in [1.807, 2.05) is 6.92 Å². The molecule has 2 amide bonds. The lowest BCUT2D eigenvalue weighted by Crippen LogP contribution is -2.44. The SMILES string of the molecule is CC(CN1CCCCC1)NC(=O)Cn1cc(NC(=O)c2ccccn2)cn1. The maximum absolute atomic E-state index is 12.2. The van der Waals surface area contributed by atoms with Crippen molar-refractivity contribution in [2.75, 3.05) is 25.0 Å². The van der Waals surface area contributed by atoms with E-state index in [-0.39, 0.29) is 24.4 Å². The normalized spacial score (nSPS) is 15.9. The molecule has 27 heavy (non-hydrogen) atoms. The molecule has 0 saturated carbocycles. The first-order valence-corrected chi connectivity index (χ1v) is 9.37. The predicted octanol–water partition coefficient (Wildman–Crippen LogP) is 1.52. The number of hydrogen-bond donors (Lipinski definition) is 2. The molecule has 0 spiro atoms. The summed E-state index contributed by atoms with van der Waals surface area (Å²) in [6.07, 6.45) is 8.49. The summed E-state index contributed by atoms with van der Waals surface area (Å²) >= 11 is 0. The van der Waals surface area contributed by atoms with Crippen LogP contribution in [0, 0.1) is 0 Å². The summed E-state index contributed by atoms with van der Waals surface area (Å²) in [5.41, 5.74) is 0.856. The first-order chi connectivity index (χ1) is 13.1. The second-order valence-corrected chi connectivity index (χ2v) is 6.93. The van der Waals surface area contributed by atoms with Crippen LogP contribution in [0.3, 0.4) is 0 Å². The molecule has 1 atom stereocenters. The van der Waals surface area contributed by atoms with E-state index < -0.39 is 0 Å². The molecule has 1 saturated heterocycles. The van der Waals surface area contributed by atoms with Gasteiger partial charge in [0.25, 0.3) is 5.91 Å². The van der Waals surface area contributed by atoms with E-state index >= 15 is 0 Å². The maximum atomic E-state index is 12.2. The van der Waals surface area contributed by atoms with Gasteiger partial charge in [-0.15, -0.1) is 0 Å². The number of nitrogens with zero attached hydrogens (tertiary/aromatic N) is 4. The Morgan fingerprint density at radius 3 is 2.78 bits per heavy atom. The summed E-state index contributed by atoms with van der Waals surface area (Å²) in [5, 5.41) is 9.87. The molecule has 2 N–H and O–H groups in total. The Bertz CT molecular complexity index is 755.